The average molecular weight is 216 g/mol. The van der Waals surface area contributed by atoms with E-state index in [1.54, 1.807) is 10.9 Å². The van der Waals surface area contributed by atoms with Gasteiger partial charge in [0, 0.05) is 24.3 Å². The lowest BCUT2D eigenvalue weighted by atomic mass is 10.0. The van der Waals surface area contributed by atoms with Crippen LogP contribution in [-0.2, 0) is 7.05 Å². The van der Waals surface area contributed by atoms with Gasteiger partial charge >= 0.3 is 0 Å². The molecule has 16 heavy (non-hydrogen) atoms. The number of fused-ring (bicyclic) bond motifs is 1. The molecule has 4 heteroatoms. The first kappa shape index (κ1) is 9.63. The van der Waals surface area contributed by atoms with Gasteiger partial charge in [0.25, 0.3) is 0 Å². The second-order valence-electron chi connectivity index (χ2n) is 4.62. The maximum Gasteiger partial charge on any atom is 0.159 e. The van der Waals surface area contributed by atoms with Crippen LogP contribution in [-0.4, -0.2) is 14.8 Å². The summed E-state index contributed by atoms with van der Waals surface area (Å²) >= 11 is 0. The molecule has 0 saturated heterocycles. The fraction of sp³-hybridized carbons (Fsp3) is 0.500. The second-order valence-corrected chi connectivity index (χ2v) is 4.62. The fourth-order valence-corrected chi connectivity index (χ4v) is 2.59. The van der Waals surface area contributed by atoms with Crippen LogP contribution in [0.15, 0.2) is 12.3 Å². The standard InChI is InChI=1S/C12H16N4/c1-16-12-9(7-14-16)10(13)6-11(15-12)8-4-2-3-5-8/h6-8H,2-5H2,1H3,(H2,13,15). The molecule has 4 nitrogen and oxygen atoms in total. The molecule has 0 amide bonds. The Morgan fingerprint density at radius 1 is 1.38 bits per heavy atom. The van der Waals surface area contributed by atoms with Gasteiger partial charge in [-0.2, -0.15) is 5.10 Å². The molecule has 1 aliphatic rings. The molecule has 0 radical (unpaired) electrons. The zero-order chi connectivity index (χ0) is 11.1. The number of pyridine rings is 1. The summed E-state index contributed by atoms with van der Waals surface area (Å²) in [6.45, 7) is 0. The molecule has 3 rings (SSSR count). The van der Waals surface area contributed by atoms with Gasteiger partial charge in [0.2, 0.25) is 0 Å². The van der Waals surface area contributed by atoms with Gasteiger partial charge in [-0.05, 0) is 18.9 Å². The normalized spacial score (nSPS) is 17.3. The summed E-state index contributed by atoms with van der Waals surface area (Å²) in [6.07, 6.45) is 6.91. The van der Waals surface area contributed by atoms with Crippen molar-refractivity contribution < 1.29 is 0 Å². The highest BCUT2D eigenvalue weighted by Gasteiger charge is 2.20. The molecule has 2 aromatic heterocycles. The smallest absolute Gasteiger partial charge is 0.159 e. The first-order valence-corrected chi connectivity index (χ1v) is 5.84. The van der Waals surface area contributed by atoms with E-state index >= 15 is 0 Å². The monoisotopic (exact) mass is 216 g/mol. The molecule has 2 aromatic rings. The Hall–Kier alpha value is -1.58. The van der Waals surface area contributed by atoms with Crippen LogP contribution < -0.4 is 5.73 Å². The van der Waals surface area contributed by atoms with Gasteiger partial charge < -0.3 is 5.73 Å². The first-order valence-electron chi connectivity index (χ1n) is 5.84. The Kier molecular flexibility index (Phi) is 2.09. The maximum atomic E-state index is 6.04. The molecular weight excluding hydrogens is 200 g/mol. The molecular formula is C12H16N4. The molecule has 0 spiro atoms. The van der Waals surface area contributed by atoms with Gasteiger partial charge in [0.1, 0.15) is 0 Å². The number of aromatic nitrogens is 3. The second kappa shape index (κ2) is 3.47. The number of rotatable bonds is 1. The number of anilines is 1. The summed E-state index contributed by atoms with van der Waals surface area (Å²) in [5.41, 5.74) is 8.90. The lowest BCUT2D eigenvalue weighted by Gasteiger charge is -2.09. The van der Waals surface area contributed by atoms with Crippen molar-refractivity contribution in [3.05, 3.63) is 18.0 Å². The average Bonchev–Trinajstić information content (AvgIpc) is 2.88. The predicted octanol–water partition coefficient (Wildman–Crippen LogP) is 2.21. The van der Waals surface area contributed by atoms with Crippen molar-refractivity contribution in [1.82, 2.24) is 14.8 Å². The van der Waals surface area contributed by atoms with Crippen molar-refractivity contribution in [2.24, 2.45) is 7.05 Å². The van der Waals surface area contributed by atoms with E-state index in [1.807, 2.05) is 13.1 Å². The molecule has 84 valence electrons. The lowest BCUT2D eigenvalue weighted by molar-refractivity contribution is 0.695. The SMILES string of the molecule is Cn1ncc2c(N)cc(C3CCCC3)nc21. The van der Waals surface area contributed by atoms with E-state index in [9.17, 15) is 0 Å². The first-order chi connectivity index (χ1) is 7.75. The van der Waals surface area contributed by atoms with Crippen molar-refractivity contribution in [3.63, 3.8) is 0 Å². The number of nitrogens with two attached hydrogens (primary N) is 1. The summed E-state index contributed by atoms with van der Waals surface area (Å²) in [6, 6.07) is 2.03. The van der Waals surface area contributed by atoms with Crippen LogP contribution >= 0.6 is 0 Å². The van der Waals surface area contributed by atoms with Crippen LogP contribution in [0.25, 0.3) is 11.0 Å². The molecule has 1 aliphatic carbocycles. The quantitative estimate of drug-likeness (QED) is 0.795. The number of nitrogens with zero attached hydrogens (tertiary/aromatic N) is 3. The minimum Gasteiger partial charge on any atom is -0.398 e. The van der Waals surface area contributed by atoms with Crippen LogP contribution in [0.2, 0.25) is 0 Å². The van der Waals surface area contributed by atoms with Gasteiger partial charge in [-0.25, -0.2) is 4.98 Å². The molecule has 2 N–H and O–H groups in total. The zero-order valence-corrected chi connectivity index (χ0v) is 9.48. The molecule has 0 bridgehead atoms. The van der Waals surface area contributed by atoms with E-state index in [-0.39, 0.29) is 0 Å². The van der Waals surface area contributed by atoms with Gasteiger partial charge in [0.15, 0.2) is 5.65 Å². The van der Waals surface area contributed by atoms with E-state index in [4.69, 9.17) is 10.7 Å². The summed E-state index contributed by atoms with van der Waals surface area (Å²) in [4.78, 5) is 4.70. The van der Waals surface area contributed by atoms with Crippen LogP contribution in [0.1, 0.15) is 37.3 Å². The van der Waals surface area contributed by atoms with E-state index in [2.05, 4.69) is 5.10 Å². The topological polar surface area (TPSA) is 56.7 Å². The van der Waals surface area contributed by atoms with Gasteiger partial charge in [-0.1, -0.05) is 12.8 Å². The maximum absolute atomic E-state index is 6.04. The third-order valence-electron chi connectivity index (χ3n) is 3.53. The molecule has 1 saturated carbocycles. The van der Waals surface area contributed by atoms with Crippen molar-refractivity contribution in [2.45, 2.75) is 31.6 Å². The van der Waals surface area contributed by atoms with Crippen molar-refractivity contribution in [3.8, 4) is 0 Å². The molecule has 0 unspecified atom stereocenters. The largest absolute Gasteiger partial charge is 0.398 e. The van der Waals surface area contributed by atoms with E-state index in [1.165, 1.54) is 25.7 Å². The van der Waals surface area contributed by atoms with Crippen molar-refractivity contribution in [1.29, 1.82) is 0 Å². The molecule has 0 aromatic carbocycles. The van der Waals surface area contributed by atoms with Crippen molar-refractivity contribution in [2.75, 3.05) is 5.73 Å². The molecule has 2 heterocycles. The summed E-state index contributed by atoms with van der Waals surface area (Å²) in [5, 5.41) is 5.16. The number of nitrogen functional groups attached to an aromatic ring is 1. The fourth-order valence-electron chi connectivity index (χ4n) is 2.59. The van der Waals surface area contributed by atoms with E-state index in [0.717, 1.165) is 22.4 Å². The Balaban J connectivity index is 2.15. The Morgan fingerprint density at radius 2 is 2.12 bits per heavy atom. The predicted molar refractivity (Wildman–Crippen MR) is 64.1 cm³/mol. The Bertz CT molecular complexity index is 523. The zero-order valence-electron chi connectivity index (χ0n) is 9.48. The van der Waals surface area contributed by atoms with Crippen LogP contribution in [0.4, 0.5) is 5.69 Å². The number of aryl methyl sites for hydroxylation is 1. The third kappa shape index (κ3) is 1.37. The highest BCUT2D eigenvalue weighted by atomic mass is 15.3. The summed E-state index contributed by atoms with van der Waals surface area (Å²) in [7, 11) is 1.91. The van der Waals surface area contributed by atoms with Crippen LogP contribution in [0.5, 0.6) is 0 Å². The number of hydrogen-bond acceptors (Lipinski definition) is 3. The highest BCUT2D eigenvalue weighted by molar-refractivity contribution is 5.87. The van der Waals surface area contributed by atoms with Crippen molar-refractivity contribution >= 4 is 16.7 Å². The molecule has 1 fully saturated rings. The van der Waals surface area contributed by atoms with Gasteiger partial charge in [-0.15, -0.1) is 0 Å². The Morgan fingerprint density at radius 3 is 2.88 bits per heavy atom. The third-order valence-corrected chi connectivity index (χ3v) is 3.53. The molecule has 0 aliphatic heterocycles. The van der Waals surface area contributed by atoms with Crippen LogP contribution in [0.3, 0.4) is 0 Å². The minimum atomic E-state index is 0.599. The summed E-state index contributed by atoms with van der Waals surface area (Å²) < 4.78 is 1.80. The van der Waals surface area contributed by atoms with Crippen LogP contribution in [0, 0.1) is 0 Å². The highest BCUT2D eigenvalue weighted by Crippen LogP contribution is 2.35. The minimum absolute atomic E-state index is 0.599. The van der Waals surface area contributed by atoms with E-state index < -0.39 is 0 Å². The summed E-state index contributed by atoms with van der Waals surface area (Å²) in [5.74, 6) is 0.599. The lowest BCUT2D eigenvalue weighted by Crippen LogP contribution is -2.01. The van der Waals surface area contributed by atoms with E-state index in [0.29, 0.717) is 5.92 Å². The Labute approximate surface area is 94.5 Å². The number of hydrogen-bond donors (Lipinski definition) is 1. The van der Waals surface area contributed by atoms with Gasteiger partial charge in [-0.3, -0.25) is 4.68 Å². The molecule has 0 atom stereocenters. The van der Waals surface area contributed by atoms with Gasteiger partial charge in [0.05, 0.1) is 11.6 Å².